The normalized spacial score (nSPS) is 19.9. The van der Waals surface area contributed by atoms with Gasteiger partial charge in [0, 0.05) is 22.0 Å². The van der Waals surface area contributed by atoms with Crippen molar-refractivity contribution in [1.29, 1.82) is 0 Å². The molecular weight excluding hydrogens is 366 g/mol. The molecule has 0 saturated carbocycles. The van der Waals surface area contributed by atoms with Crippen LogP contribution in [0, 0.1) is 0 Å². The van der Waals surface area contributed by atoms with Gasteiger partial charge in [0.1, 0.15) is 0 Å². The monoisotopic (exact) mass is 377 g/mol. The van der Waals surface area contributed by atoms with Gasteiger partial charge in [0.2, 0.25) is 0 Å². The Balaban J connectivity index is 2.17. The second-order valence-electron chi connectivity index (χ2n) is 4.05. The van der Waals surface area contributed by atoms with Crippen LogP contribution in [-0.4, -0.2) is 48.3 Å². The summed E-state index contributed by atoms with van der Waals surface area (Å²) in [5.74, 6) is -0.0510. The Morgan fingerprint density at radius 3 is 3.00 bits per heavy atom. The smallest absolute Gasteiger partial charge is 0.255 e. The van der Waals surface area contributed by atoms with Crippen molar-refractivity contribution in [3.63, 3.8) is 0 Å². The van der Waals surface area contributed by atoms with E-state index in [-0.39, 0.29) is 18.6 Å². The predicted molar refractivity (Wildman–Crippen MR) is 74.6 cm³/mol. The summed E-state index contributed by atoms with van der Waals surface area (Å²) in [4.78, 5) is 14.1. The number of rotatable bonds is 2. The minimum absolute atomic E-state index is 0.0510. The molecule has 0 aromatic heterocycles. The van der Waals surface area contributed by atoms with E-state index in [4.69, 9.17) is 9.84 Å². The first-order valence-corrected chi connectivity index (χ1v) is 7.17. The molecule has 1 heterocycles. The van der Waals surface area contributed by atoms with Crippen molar-refractivity contribution in [1.82, 2.24) is 4.90 Å². The molecule has 98 valence electrons. The second kappa shape index (κ2) is 6.14. The van der Waals surface area contributed by atoms with Gasteiger partial charge in [-0.1, -0.05) is 15.9 Å². The molecule has 1 aliphatic rings. The van der Waals surface area contributed by atoms with E-state index >= 15 is 0 Å². The Bertz CT molecular complexity index is 453. The zero-order chi connectivity index (χ0) is 13.1. The molecule has 1 saturated heterocycles. The lowest BCUT2D eigenvalue weighted by Gasteiger charge is -2.32. The van der Waals surface area contributed by atoms with Crippen molar-refractivity contribution in [2.24, 2.45) is 0 Å². The van der Waals surface area contributed by atoms with E-state index in [1.54, 1.807) is 11.0 Å². The summed E-state index contributed by atoms with van der Waals surface area (Å²) >= 11 is 6.74. The van der Waals surface area contributed by atoms with Crippen LogP contribution in [-0.2, 0) is 4.74 Å². The molecule has 4 nitrogen and oxygen atoms in total. The third-order valence-electron chi connectivity index (χ3n) is 2.79. The van der Waals surface area contributed by atoms with E-state index in [0.717, 1.165) is 8.95 Å². The van der Waals surface area contributed by atoms with Gasteiger partial charge in [-0.05, 0) is 34.1 Å². The SMILES string of the molecule is O=C(c1cc(Br)ccc1Br)N1CCOC(CO)C1. The fourth-order valence-corrected chi connectivity index (χ4v) is 2.62. The Morgan fingerprint density at radius 2 is 2.28 bits per heavy atom. The van der Waals surface area contributed by atoms with E-state index in [1.165, 1.54) is 0 Å². The third kappa shape index (κ3) is 3.12. The zero-order valence-corrected chi connectivity index (χ0v) is 12.8. The summed E-state index contributed by atoms with van der Waals surface area (Å²) < 4.78 is 6.96. The summed E-state index contributed by atoms with van der Waals surface area (Å²) in [6, 6.07) is 5.49. The number of carbonyl (C=O) groups excluding carboxylic acids is 1. The summed E-state index contributed by atoms with van der Waals surface area (Å²) in [7, 11) is 0. The van der Waals surface area contributed by atoms with Crippen molar-refractivity contribution in [2.75, 3.05) is 26.3 Å². The first-order chi connectivity index (χ1) is 8.61. The van der Waals surface area contributed by atoms with Crippen LogP contribution in [0.3, 0.4) is 0 Å². The maximum atomic E-state index is 12.4. The molecule has 1 fully saturated rings. The highest BCUT2D eigenvalue weighted by atomic mass is 79.9. The van der Waals surface area contributed by atoms with E-state index in [1.807, 2.05) is 12.1 Å². The standard InChI is InChI=1S/C12H13Br2NO3/c13-8-1-2-11(14)10(5-8)12(17)15-3-4-18-9(6-15)7-16/h1-2,5,9,16H,3-4,6-7H2. The maximum absolute atomic E-state index is 12.4. The summed E-state index contributed by atoms with van der Waals surface area (Å²) in [6.45, 7) is 1.37. The molecule has 0 radical (unpaired) electrons. The van der Waals surface area contributed by atoms with Crippen LogP contribution in [0.25, 0.3) is 0 Å². The van der Waals surface area contributed by atoms with Crippen molar-refractivity contribution in [2.45, 2.75) is 6.10 Å². The number of aliphatic hydroxyl groups is 1. The lowest BCUT2D eigenvalue weighted by atomic mass is 10.1. The van der Waals surface area contributed by atoms with Gasteiger partial charge in [0.05, 0.1) is 24.9 Å². The molecule has 0 bridgehead atoms. The molecular formula is C12H13Br2NO3. The maximum Gasteiger partial charge on any atom is 0.255 e. The highest BCUT2D eigenvalue weighted by molar-refractivity contribution is 9.11. The van der Waals surface area contributed by atoms with E-state index in [2.05, 4.69) is 31.9 Å². The second-order valence-corrected chi connectivity index (χ2v) is 5.82. The Hall–Kier alpha value is -0.430. The summed E-state index contributed by atoms with van der Waals surface area (Å²) in [6.07, 6.45) is -0.284. The Labute approximate surface area is 122 Å². The number of morpholine rings is 1. The van der Waals surface area contributed by atoms with Crippen LogP contribution >= 0.6 is 31.9 Å². The number of nitrogens with zero attached hydrogens (tertiary/aromatic N) is 1. The van der Waals surface area contributed by atoms with E-state index in [0.29, 0.717) is 25.3 Å². The molecule has 2 rings (SSSR count). The van der Waals surface area contributed by atoms with Crippen LogP contribution in [0.15, 0.2) is 27.1 Å². The van der Waals surface area contributed by atoms with E-state index < -0.39 is 0 Å². The topological polar surface area (TPSA) is 49.8 Å². The first-order valence-electron chi connectivity index (χ1n) is 5.58. The average molecular weight is 379 g/mol. The predicted octanol–water partition coefficient (Wildman–Crippen LogP) is 2.04. The molecule has 0 spiro atoms. The number of hydrogen-bond donors (Lipinski definition) is 1. The van der Waals surface area contributed by atoms with Crippen LogP contribution in [0.5, 0.6) is 0 Å². The minimum atomic E-state index is -0.284. The number of amides is 1. The molecule has 1 N–H and O–H groups in total. The lowest BCUT2D eigenvalue weighted by molar-refractivity contribution is -0.0447. The van der Waals surface area contributed by atoms with Gasteiger partial charge in [-0.15, -0.1) is 0 Å². The van der Waals surface area contributed by atoms with Crippen molar-refractivity contribution < 1.29 is 14.6 Å². The number of aliphatic hydroxyl groups excluding tert-OH is 1. The summed E-state index contributed by atoms with van der Waals surface area (Å²) in [5, 5.41) is 9.08. The molecule has 18 heavy (non-hydrogen) atoms. The quantitative estimate of drug-likeness (QED) is 0.856. The molecule has 1 aromatic carbocycles. The van der Waals surface area contributed by atoms with E-state index in [9.17, 15) is 4.79 Å². The zero-order valence-electron chi connectivity index (χ0n) is 9.60. The highest BCUT2D eigenvalue weighted by Crippen LogP contribution is 2.23. The van der Waals surface area contributed by atoms with Gasteiger partial charge < -0.3 is 14.7 Å². The molecule has 1 amide bonds. The van der Waals surface area contributed by atoms with Crippen molar-refractivity contribution in [3.8, 4) is 0 Å². The fraction of sp³-hybridized carbons (Fsp3) is 0.417. The van der Waals surface area contributed by atoms with Gasteiger partial charge >= 0.3 is 0 Å². The van der Waals surface area contributed by atoms with Crippen LogP contribution in [0.1, 0.15) is 10.4 Å². The largest absolute Gasteiger partial charge is 0.394 e. The molecule has 1 unspecified atom stereocenters. The van der Waals surface area contributed by atoms with Gasteiger partial charge in [-0.25, -0.2) is 0 Å². The average Bonchev–Trinajstić information content (AvgIpc) is 2.41. The van der Waals surface area contributed by atoms with Gasteiger partial charge in [-0.2, -0.15) is 0 Å². The lowest BCUT2D eigenvalue weighted by Crippen LogP contribution is -2.47. The summed E-state index contributed by atoms with van der Waals surface area (Å²) in [5.41, 5.74) is 0.614. The van der Waals surface area contributed by atoms with Crippen molar-refractivity contribution in [3.05, 3.63) is 32.7 Å². The fourth-order valence-electron chi connectivity index (χ4n) is 1.85. The number of benzene rings is 1. The molecule has 1 atom stereocenters. The third-order valence-corrected chi connectivity index (χ3v) is 3.97. The van der Waals surface area contributed by atoms with Crippen LogP contribution in [0.4, 0.5) is 0 Å². The number of ether oxygens (including phenoxy) is 1. The molecule has 6 heteroatoms. The molecule has 1 aliphatic heterocycles. The highest BCUT2D eigenvalue weighted by Gasteiger charge is 2.25. The number of hydrogen-bond acceptors (Lipinski definition) is 3. The Kier molecular flexibility index (Phi) is 4.77. The molecule has 1 aromatic rings. The minimum Gasteiger partial charge on any atom is -0.394 e. The first kappa shape index (κ1) is 14.0. The van der Waals surface area contributed by atoms with Gasteiger partial charge in [0.15, 0.2) is 0 Å². The Morgan fingerprint density at radius 1 is 1.50 bits per heavy atom. The van der Waals surface area contributed by atoms with Crippen LogP contribution < -0.4 is 0 Å². The van der Waals surface area contributed by atoms with Gasteiger partial charge in [-0.3, -0.25) is 4.79 Å². The number of carbonyl (C=O) groups is 1. The van der Waals surface area contributed by atoms with Crippen molar-refractivity contribution >= 4 is 37.8 Å². The van der Waals surface area contributed by atoms with Crippen LogP contribution in [0.2, 0.25) is 0 Å². The molecule has 0 aliphatic carbocycles. The van der Waals surface area contributed by atoms with Gasteiger partial charge in [0.25, 0.3) is 5.91 Å². The number of halogens is 2.